The fourth-order valence-corrected chi connectivity index (χ4v) is 10.4. The van der Waals surface area contributed by atoms with Crippen LogP contribution in [0.25, 0.3) is 21.5 Å². The molecule has 6 rings (SSSR count). The first-order chi connectivity index (χ1) is 19.8. The molecule has 0 unspecified atom stereocenters. The van der Waals surface area contributed by atoms with Crippen molar-refractivity contribution in [3.8, 4) is 0 Å². The Morgan fingerprint density at radius 2 is 0.907 bits per heavy atom. The molecule has 0 heterocycles. The van der Waals surface area contributed by atoms with Crippen molar-refractivity contribution in [2.75, 3.05) is 12.3 Å². The first-order valence-corrected chi connectivity index (χ1v) is 17.8. The van der Waals surface area contributed by atoms with Gasteiger partial charge in [0, 0.05) is 0 Å². The zero-order valence-corrected chi connectivity index (χ0v) is 30.9. The van der Waals surface area contributed by atoms with Crippen LogP contribution in [0.5, 0.6) is 0 Å². The summed E-state index contributed by atoms with van der Waals surface area (Å²) in [4.78, 5) is 0. The first kappa shape index (κ1) is 37.6. The molecule has 0 atom stereocenters. The van der Waals surface area contributed by atoms with E-state index in [-0.39, 0.29) is 58.9 Å². The standard InChI is InChI=1S/C21H16P.C17H24P.2ClH.Zr/c1-3-11-19(12-4-1)22(20-13-5-2-6-14-20)21-15-17-9-7-8-10-18(17)16-21;1-3-5-11-18(12-6-4-2)17-13-15-9-7-8-10-16(15)14-17;;;/h1-16H;7-10,13-14H,3-6,11-12H2,1-2H3;2*1H;/q2*-1;;;+4/p-2. The van der Waals surface area contributed by atoms with Gasteiger partial charge in [0.05, 0.1) is 0 Å². The topological polar surface area (TPSA) is 0 Å². The molecule has 0 spiro atoms. The van der Waals surface area contributed by atoms with E-state index in [9.17, 15) is 0 Å². The summed E-state index contributed by atoms with van der Waals surface area (Å²) in [5.41, 5.74) is 0. The second-order valence-corrected chi connectivity index (χ2v) is 15.1. The van der Waals surface area contributed by atoms with Gasteiger partial charge in [0.15, 0.2) is 0 Å². The largest absolute Gasteiger partial charge is 4.00 e. The summed E-state index contributed by atoms with van der Waals surface area (Å²) in [6, 6.07) is 48.7. The second kappa shape index (κ2) is 19.7. The zero-order valence-electron chi connectivity index (χ0n) is 25.1. The molecular formula is C38H40Cl2P2Zr. The van der Waals surface area contributed by atoms with E-state index >= 15 is 0 Å². The van der Waals surface area contributed by atoms with Gasteiger partial charge in [0.1, 0.15) is 0 Å². The summed E-state index contributed by atoms with van der Waals surface area (Å²) in [6.45, 7) is 4.60. The van der Waals surface area contributed by atoms with Gasteiger partial charge in [-0.15, -0.1) is 80.7 Å². The van der Waals surface area contributed by atoms with Gasteiger partial charge in [0.2, 0.25) is 0 Å². The molecule has 0 aliphatic heterocycles. The molecule has 220 valence electrons. The SMILES string of the molecule is CCCCP(CCCC)c1cc2ccccc2[cH-]1.[Cl-].[Cl-].[Zr+4].c1ccc(P(c2ccccc2)c2cc3ccccc3[cH-]2)cc1. The molecule has 6 aromatic carbocycles. The van der Waals surface area contributed by atoms with Crippen molar-refractivity contribution in [1.29, 1.82) is 0 Å². The van der Waals surface area contributed by atoms with Gasteiger partial charge >= 0.3 is 26.2 Å². The Kier molecular flexibility index (Phi) is 17.3. The van der Waals surface area contributed by atoms with Crippen LogP contribution in [0.3, 0.4) is 0 Å². The van der Waals surface area contributed by atoms with Gasteiger partial charge in [-0.2, -0.15) is 12.1 Å². The Bertz CT molecular complexity index is 1480. The van der Waals surface area contributed by atoms with Crippen LogP contribution in [-0.4, -0.2) is 12.3 Å². The Morgan fingerprint density at radius 3 is 1.35 bits per heavy atom. The van der Waals surface area contributed by atoms with E-state index in [1.807, 2.05) is 0 Å². The average Bonchev–Trinajstić information content (AvgIpc) is 3.63. The van der Waals surface area contributed by atoms with E-state index < -0.39 is 7.92 Å². The predicted molar refractivity (Wildman–Crippen MR) is 184 cm³/mol. The minimum Gasteiger partial charge on any atom is -1.00 e. The fraction of sp³-hybridized carbons (Fsp3) is 0.211. The molecule has 0 aliphatic carbocycles. The molecule has 0 nitrogen and oxygen atoms in total. The monoisotopic (exact) mass is 718 g/mol. The average molecular weight is 721 g/mol. The Hall–Kier alpha value is -1.58. The summed E-state index contributed by atoms with van der Waals surface area (Å²) < 4.78 is 0. The van der Waals surface area contributed by atoms with Crippen LogP contribution < -0.4 is 46.0 Å². The van der Waals surface area contributed by atoms with Crippen molar-refractivity contribution in [3.05, 3.63) is 133 Å². The van der Waals surface area contributed by atoms with Crippen LogP contribution in [0.1, 0.15) is 39.5 Å². The van der Waals surface area contributed by atoms with Crippen molar-refractivity contribution in [1.82, 2.24) is 0 Å². The molecule has 0 aromatic heterocycles. The number of rotatable bonds is 10. The third-order valence-electron chi connectivity index (χ3n) is 7.42. The molecule has 0 amide bonds. The van der Waals surface area contributed by atoms with Gasteiger partial charge in [-0.3, -0.25) is 0 Å². The minimum absolute atomic E-state index is 0. The van der Waals surface area contributed by atoms with Gasteiger partial charge < -0.3 is 24.8 Å². The third-order valence-corrected chi connectivity index (χ3v) is 12.5. The smallest absolute Gasteiger partial charge is 1.00 e. The van der Waals surface area contributed by atoms with E-state index in [0.29, 0.717) is 0 Å². The second-order valence-electron chi connectivity index (χ2n) is 10.4. The maximum atomic E-state index is 2.44. The molecule has 0 fully saturated rings. The number of hydrogen-bond acceptors (Lipinski definition) is 0. The molecule has 0 radical (unpaired) electrons. The summed E-state index contributed by atoms with van der Waals surface area (Å²) in [5, 5.41) is 11.4. The molecule has 0 aliphatic rings. The van der Waals surface area contributed by atoms with E-state index in [2.05, 4.69) is 147 Å². The van der Waals surface area contributed by atoms with Crippen LogP contribution in [0.2, 0.25) is 0 Å². The number of unbranched alkanes of at least 4 members (excludes halogenated alkanes) is 2. The van der Waals surface area contributed by atoms with Crippen LogP contribution in [0, 0.1) is 0 Å². The van der Waals surface area contributed by atoms with Gasteiger partial charge in [-0.25, -0.2) is 0 Å². The van der Waals surface area contributed by atoms with Crippen molar-refractivity contribution in [2.24, 2.45) is 0 Å². The van der Waals surface area contributed by atoms with Gasteiger partial charge in [-0.1, -0.05) is 107 Å². The summed E-state index contributed by atoms with van der Waals surface area (Å²) in [5.74, 6) is 0. The third kappa shape index (κ3) is 10.2. The first-order valence-electron chi connectivity index (χ1n) is 14.7. The van der Waals surface area contributed by atoms with E-state index in [1.165, 1.54) is 75.5 Å². The zero-order chi connectivity index (χ0) is 27.6. The van der Waals surface area contributed by atoms with Crippen LogP contribution >= 0.6 is 15.8 Å². The maximum Gasteiger partial charge on any atom is 4.00 e. The van der Waals surface area contributed by atoms with Crippen molar-refractivity contribution >= 4 is 58.6 Å². The molecule has 6 aromatic rings. The summed E-state index contributed by atoms with van der Waals surface area (Å²) in [6.07, 6.45) is 8.26. The summed E-state index contributed by atoms with van der Waals surface area (Å²) in [7, 11) is -0.407. The van der Waals surface area contributed by atoms with Crippen LogP contribution in [0.4, 0.5) is 0 Å². The molecule has 0 N–H and O–H groups in total. The molecule has 0 saturated heterocycles. The van der Waals surface area contributed by atoms with Crippen molar-refractivity contribution in [2.45, 2.75) is 39.5 Å². The van der Waals surface area contributed by atoms with Crippen molar-refractivity contribution < 1.29 is 51.0 Å². The maximum absolute atomic E-state index is 2.44. The van der Waals surface area contributed by atoms with Crippen LogP contribution in [0.15, 0.2) is 133 Å². The van der Waals surface area contributed by atoms with E-state index in [0.717, 1.165) is 0 Å². The van der Waals surface area contributed by atoms with E-state index in [4.69, 9.17) is 0 Å². The van der Waals surface area contributed by atoms with Crippen LogP contribution in [-0.2, 0) is 26.2 Å². The fourth-order valence-electron chi connectivity index (χ4n) is 5.25. The molecule has 0 saturated carbocycles. The number of halogens is 2. The predicted octanol–water partition coefficient (Wildman–Crippen LogP) is 3.59. The summed E-state index contributed by atoms with van der Waals surface area (Å²) >= 11 is 0. The van der Waals surface area contributed by atoms with Gasteiger partial charge in [0.25, 0.3) is 0 Å². The van der Waals surface area contributed by atoms with Crippen molar-refractivity contribution in [3.63, 3.8) is 0 Å². The molecule has 5 heteroatoms. The molecule has 43 heavy (non-hydrogen) atoms. The minimum atomic E-state index is -0.493. The Morgan fingerprint density at radius 1 is 0.512 bits per heavy atom. The molecular weight excluding hydrogens is 680 g/mol. The normalized spacial score (nSPS) is 10.5. The number of hydrogen-bond donors (Lipinski definition) is 0. The quantitative estimate of drug-likeness (QED) is 0.150. The Balaban J connectivity index is 0.000000286. The van der Waals surface area contributed by atoms with Gasteiger partial charge in [-0.05, 0) is 43.7 Å². The van der Waals surface area contributed by atoms with E-state index in [1.54, 1.807) is 5.30 Å². The molecule has 0 bridgehead atoms. The Labute approximate surface area is 292 Å². The number of benzene rings is 4. The number of fused-ring (bicyclic) bond motifs is 2.